The summed E-state index contributed by atoms with van der Waals surface area (Å²) in [7, 11) is 0. The lowest BCUT2D eigenvalue weighted by Gasteiger charge is -2.46. The number of amides is 2. The molecule has 4 aliphatic rings. The summed E-state index contributed by atoms with van der Waals surface area (Å²) in [6.45, 7) is -0.374. The van der Waals surface area contributed by atoms with Crippen LogP contribution in [-0.4, -0.2) is 50.0 Å². The number of benzene rings is 5. The van der Waals surface area contributed by atoms with Crippen LogP contribution >= 0.6 is 0 Å². The number of fused-ring (bicyclic) bond motifs is 3. The number of allylic oxidation sites excluding steroid dienone is 2. The van der Waals surface area contributed by atoms with Crippen LogP contribution in [0.3, 0.4) is 0 Å². The molecule has 6 unspecified atom stereocenters. The maximum absolute atomic E-state index is 15.9. The van der Waals surface area contributed by atoms with E-state index >= 15 is 4.79 Å². The Bertz CT molecular complexity index is 2690. The van der Waals surface area contributed by atoms with Gasteiger partial charge in [0, 0.05) is 17.7 Å². The van der Waals surface area contributed by atoms with Gasteiger partial charge in [-0.1, -0.05) is 90.7 Å². The number of imide groups is 1. The Kier molecular flexibility index (Phi) is 10.4. The number of non-ortho nitro benzene ring substituents is 1. The van der Waals surface area contributed by atoms with E-state index in [1.165, 1.54) is 42.5 Å². The molecule has 2 amide bonds. The van der Waals surface area contributed by atoms with Crippen molar-refractivity contribution in [1.29, 1.82) is 0 Å². The Morgan fingerprint density at radius 1 is 0.839 bits per heavy atom. The summed E-state index contributed by atoms with van der Waals surface area (Å²) in [6, 6.07) is 30.8. The van der Waals surface area contributed by atoms with Crippen LogP contribution in [0.25, 0.3) is 0 Å². The topological polar surface area (TPSA) is 177 Å². The minimum Gasteiger partial charge on any atom is -0.508 e. The Morgan fingerprint density at radius 2 is 1.53 bits per heavy atom. The lowest BCUT2D eigenvalue weighted by atomic mass is 9.65. The summed E-state index contributed by atoms with van der Waals surface area (Å²) in [4.78, 5) is 72.6. The number of morpholine rings is 1. The number of phenols is 1. The number of rotatable bonds is 7. The number of anilines is 1. The predicted octanol–water partition coefficient (Wildman–Crippen LogP) is 8.24. The number of cyclic esters (lactones) is 1. The minimum atomic E-state index is -2.20. The predicted molar refractivity (Wildman–Crippen MR) is 224 cm³/mol. The number of carboxylic acids is 1. The number of aliphatic carboxylic acids is 1. The van der Waals surface area contributed by atoms with Crippen molar-refractivity contribution in [1.82, 2.24) is 4.90 Å². The fourth-order valence-electron chi connectivity index (χ4n) is 9.63. The molecule has 3 aliphatic heterocycles. The van der Waals surface area contributed by atoms with Crippen LogP contribution in [0.5, 0.6) is 5.75 Å². The molecule has 0 saturated carbocycles. The van der Waals surface area contributed by atoms with E-state index in [9.17, 15) is 34.7 Å². The van der Waals surface area contributed by atoms with E-state index in [2.05, 4.69) is 17.9 Å². The molecule has 0 bridgehead atoms. The number of nitro benzene ring substituents is 1. The van der Waals surface area contributed by atoms with E-state index < -0.39 is 64.4 Å². The second-order valence-electron chi connectivity index (χ2n) is 15.8. The van der Waals surface area contributed by atoms with Gasteiger partial charge in [0.1, 0.15) is 35.8 Å². The Morgan fingerprint density at radius 3 is 2.18 bits per heavy atom. The average molecular weight is 830 g/mol. The van der Waals surface area contributed by atoms with Crippen molar-refractivity contribution < 1.29 is 43.8 Å². The molecular formula is C49H39N3O10. The minimum absolute atomic E-state index is 0.0465. The summed E-state index contributed by atoms with van der Waals surface area (Å²) in [6.07, 6.45) is 3.76. The van der Waals surface area contributed by atoms with Crippen molar-refractivity contribution in [2.45, 2.75) is 61.9 Å². The van der Waals surface area contributed by atoms with Crippen molar-refractivity contribution in [3.63, 3.8) is 0 Å². The van der Waals surface area contributed by atoms with Gasteiger partial charge in [-0.05, 0) is 102 Å². The van der Waals surface area contributed by atoms with Crippen molar-refractivity contribution in [2.75, 3.05) is 4.90 Å². The second kappa shape index (κ2) is 16.1. The maximum atomic E-state index is 15.9. The highest BCUT2D eigenvalue weighted by Gasteiger charge is 2.76. The molecule has 6 atom stereocenters. The van der Waals surface area contributed by atoms with Gasteiger partial charge < -0.3 is 19.7 Å². The van der Waals surface area contributed by atoms with Crippen molar-refractivity contribution in [2.24, 2.45) is 5.92 Å². The molecule has 5 aromatic rings. The number of nitro groups is 1. The fourth-order valence-corrected chi connectivity index (χ4v) is 9.63. The molecule has 5 aromatic carbocycles. The van der Waals surface area contributed by atoms with Crippen LogP contribution in [-0.2, 0) is 35.9 Å². The number of hydrogen-bond donors (Lipinski definition) is 2. The lowest BCUT2D eigenvalue weighted by molar-refractivity contribution is -0.384. The van der Waals surface area contributed by atoms with Crippen LogP contribution in [0.15, 0.2) is 139 Å². The quantitative estimate of drug-likeness (QED) is 0.0699. The van der Waals surface area contributed by atoms with Crippen LogP contribution < -0.4 is 4.90 Å². The van der Waals surface area contributed by atoms with E-state index in [0.717, 1.165) is 36.2 Å². The van der Waals surface area contributed by atoms with Crippen molar-refractivity contribution >= 4 is 35.3 Å². The molecule has 0 radical (unpaired) electrons. The van der Waals surface area contributed by atoms with E-state index in [1.54, 1.807) is 29.2 Å². The van der Waals surface area contributed by atoms with Crippen LogP contribution in [0.2, 0.25) is 0 Å². The first-order valence-electron chi connectivity index (χ1n) is 20.3. The number of ether oxygens (including phenoxy) is 2. The van der Waals surface area contributed by atoms with Crippen LogP contribution in [0, 0.1) is 27.9 Å². The number of carbonyl (C=O) groups is 4. The summed E-state index contributed by atoms with van der Waals surface area (Å²) < 4.78 is 12.0. The molecule has 9 rings (SSSR count). The molecule has 0 aromatic heterocycles. The third-order valence-corrected chi connectivity index (χ3v) is 12.3. The Labute approximate surface area is 356 Å². The number of nitrogens with zero attached hydrogens (tertiary/aromatic N) is 3. The first kappa shape index (κ1) is 39.9. The van der Waals surface area contributed by atoms with Gasteiger partial charge in [-0.25, -0.2) is 9.69 Å². The van der Waals surface area contributed by atoms with Crippen LogP contribution in [0.1, 0.15) is 77.3 Å². The normalized spacial score (nSPS) is 24.0. The molecule has 2 saturated heterocycles. The average Bonchev–Trinajstić information content (AvgIpc) is 3.75. The zero-order valence-corrected chi connectivity index (χ0v) is 33.1. The Hall–Kier alpha value is -7.56. The lowest BCUT2D eigenvalue weighted by Crippen LogP contribution is -2.53. The largest absolute Gasteiger partial charge is 0.508 e. The zero-order valence-electron chi connectivity index (χ0n) is 33.1. The van der Waals surface area contributed by atoms with Crippen LogP contribution in [0.4, 0.5) is 16.2 Å². The molecule has 1 aliphatic carbocycles. The van der Waals surface area contributed by atoms with Gasteiger partial charge in [-0.15, -0.1) is 0 Å². The van der Waals surface area contributed by atoms with Gasteiger partial charge in [0.2, 0.25) is 5.91 Å². The van der Waals surface area contributed by atoms with Gasteiger partial charge in [-0.2, -0.15) is 0 Å². The van der Waals surface area contributed by atoms with Gasteiger partial charge >= 0.3 is 18.0 Å². The first-order chi connectivity index (χ1) is 30.1. The third-order valence-electron chi connectivity index (χ3n) is 12.3. The van der Waals surface area contributed by atoms with E-state index in [1.807, 2.05) is 60.7 Å². The van der Waals surface area contributed by atoms with Gasteiger partial charge in [0.25, 0.3) is 5.69 Å². The molecule has 13 nitrogen and oxygen atoms in total. The highest BCUT2D eigenvalue weighted by atomic mass is 16.6. The highest BCUT2D eigenvalue weighted by Crippen LogP contribution is 2.66. The number of carbonyl (C=O) groups excluding carboxylic acids is 3. The maximum Gasteiger partial charge on any atom is 0.421 e. The standard InChI is InChI=1S/C49H39N3O10/c53-37-25-21-35(22-26-37)44-49(40(45(54)55)42-46(56)62-43(34-14-8-3-9-15-34)41(51(42)44)33-12-6-2-7-13-33)38-28-31(17-16-30-10-4-1-5-11-30)20-27-39(38)50(47(49)57)48(58)61-29-32-18-23-36(24-19-32)52(59)60/h2-3,6-10,12-15,18-28,40-44,53H,1,4-5,11,29H2,(H,54,55). The molecular weight excluding hydrogens is 791 g/mol. The second-order valence-corrected chi connectivity index (χ2v) is 15.8. The number of hydrogen-bond acceptors (Lipinski definition) is 10. The summed E-state index contributed by atoms with van der Waals surface area (Å²) in [5.41, 5.74) is 1.34. The Balaban J connectivity index is 1.27. The summed E-state index contributed by atoms with van der Waals surface area (Å²) in [5.74, 6) is 1.24. The van der Waals surface area contributed by atoms with Crippen molar-refractivity contribution in [3.05, 3.63) is 183 Å². The zero-order chi connectivity index (χ0) is 43.1. The smallest absolute Gasteiger partial charge is 0.421 e. The summed E-state index contributed by atoms with van der Waals surface area (Å²) in [5, 5.41) is 33.3. The molecule has 2 fully saturated rings. The van der Waals surface area contributed by atoms with E-state index in [0.29, 0.717) is 27.8 Å². The molecule has 62 heavy (non-hydrogen) atoms. The monoisotopic (exact) mass is 829 g/mol. The van der Waals surface area contributed by atoms with Gasteiger partial charge in [-0.3, -0.25) is 29.4 Å². The van der Waals surface area contributed by atoms with E-state index in [-0.39, 0.29) is 29.3 Å². The van der Waals surface area contributed by atoms with Gasteiger partial charge in [0.15, 0.2) is 0 Å². The van der Waals surface area contributed by atoms with E-state index in [4.69, 9.17) is 9.47 Å². The first-order valence-corrected chi connectivity index (χ1v) is 20.3. The molecule has 310 valence electrons. The summed E-state index contributed by atoms with van der Waals surface area (Å²) >= 11 is 0. The highest BCUT2D eigenvalue weighted by molar-refractivity contribution is 6.23. The fraction of sp³-hybridized carbons (Fsp3) is 0.224. The molecule has 2 N–H and O–H groups in total. The number of phenolic OH excluding ortho intramolecular Hbond substituents is 1. The molecule has 13 heteroatoms. The molecule has 1 spiro atoms. The van der Waals surface area contributed by atoms with Crippen molar-refractivity contribution in [3.8, 4) is 17.6 Å². The SMILES string of the molecule is O=C1OC(c2ccccc2)C(c2ccccc2)N2C1C(C(=O)O)C1(C(=O)N(C(=O)OCc3ccc([N+](=O)[O-])cc3)c3ccc(C#CC4=CCCCC4)cc31)C2c1ccc(O)cc1. The number of esters is 1. The number of carboxylic acid groups (broad SMARTS) is 1. The molecule has 3 heterocycles. The third kappa shape index (κ3) is 6.74. The van der Waals surface area contributed by atoms with Gasteiger partial charge in [0.05, 0.1) is 22.7 Å². The number of aromatic hydroxyl groups is 1.